The molecule has 0 aliphatic carbocycles. The third-order valence-electron chi connectivity index (χ3n) is 4.07. The number of hydrogen-bond donors (Lipinski definition) is 2. The number of carbonyl (C=O) groups excluding carboxylic acids is 2. The van der Waals surface area contributed by atoms with E-state index in [-0.39, 0.29) is 36.3 Å². The van der Waals surface area contributed by atoms with Crippen LogP contribution in [-0.2, 0) is 9.59 Å². The molecule has 0 saturated carbocycles. The highest BCUT2D eigenvalue weighted by molar-refractivity contribution is 5.88. The van der Waals surface area contributed by atoms with Gasteiger partial charge in [-0.3, -0.25) is 9.59 Å². The Morgan fingerprint density at radius 3 is 2.70 bits per heavy atom. The SMILES string of the molecule is CCC(=O)N1CCCCC1C(=O)N[C@H]1CCCNC1.Cl. The van der Waals surface area contributed by atoms with Gasteiger partial charge in [-0.25, -0.2) is 0 Å². The van der Waals surface area contributed by atoms with Gasteiger partial charge in [0.2, 0.25) is 11.8 Å². The Hall–Kier alpha value is -0.810. The molecule has 116 valence electrons. The third kappa shape index (κ3) is 4.35. The lowest BCUT2D eigenvalue weighted by Crippen LogP contribution is -2.55. The highest BCUT2D eigenvalue weighted by Gasteiger charge is 2.32. The monoisotopic (exact) mass is 303 g/mol. The van der Waals surface area contributed by atoms with Crippen LogP contribution in [0.1, 0.15) is 45.4 Å². The Balaban J connectivity index is 0.00000200. The van der Waals surface area contributed by atoms with Crippen LogP contribution in [-0.4, -0.2) is 48.4 Å². The molecule has 2 amide bonds. The minimum Gasteiger partial charge on any atom is -0.350 e. The molecule has 0 aromatic rings. The summed E-state index contributed by atoms with van der Waals surface area (Å²) in [6.45, 7) is 4.47. The maximum atomic E-state index is 12.4. The van der Waals surface area contributed by atoms with Crippen molar-refractivity contribution in [1.82, 2.24) is 15.5 Å². The van der Waals surface area contributed by atoms with Gasteiger partial charge in [-0.2, -0.15) is 0 Å². The third-order valence-corrected chi connectivity index (χ3v) is 4.07. The summed E-state index contributed by atoms with van der Waals surface area (Å²) >= 11 is 0. The fourth-order valence-electron chi connectivity index (χ4n) is 2.98. The molecular formula is C14H26ClN3O2. The summed E-state index contributed by atoms with van der Waals surface area (Å²) in [6.07, 6.45) is 5.47. The summed E-state index contributed by atoms with van der Waals surface area (Å²) < 4.78 is 0. The molecule has 0 bridgehead atoms. The molecule has 2 aliphatic heterocycles. The van der Waals surface area contributed by atoms with Gasteiger partial charge in [0.1, 0.15) is 6.04 Å². The second-order valence-electron chi connectivity index (χ2n) is 5.50. The Morgan fingerprint density at radius 1 is 1.25 bits per heavy atom. The van der Waals surface area contributed by atoms with E-state index >= 15 is 0 Å². The van der Waals surface area contributed by atoms with Gasteiger partial charge in [-0.1, -0.05) is 6.92 Å². The number of hydrogen-bond acceptors (Lipinski definition) is 3. The largest absolute Gasteiger partial charge is 0.350 e. The summed E-state index contributed by atoms with van der Waals surface area (Å²) in [4.78, 5) is 26.0. The van der Waals surface area contributed by atoms with Crippen LogP contribution in [0.5, 0.6) is 0 Å². The molecule has 0 spiro atoms. The van der Waals surface area contributed by atoms with Crippen LogP contribution in [0.25, 0.3) is 0 Å². The van der Waals surface area contributed by atoms with E-state index in [2.05, 4.69) is 10.6 Å². The zero-order valence-corrected chi connectivity index (χ0v) is 13.0. The van der Waals surface area contributed by atoms with Gasteiger partial charge in [-0.15, -0.1) is 12.4 Å². The van der Waals surface area contributed by atoms with Crippen molar-refractivity contribution in [2.24, 2.45) is 0 Å². The van der Waals surface area contributed by atoms with Crippen molar-refractivity contribution in [3.8, 4) is 0 Å². The van der Waals surface area contributed by atoms with Gasteiger partial charge in [0.15, 0.2) is 0 Å². The number of carbonyl (C=O) groups is 2. The van der Waals surface area contributed by atoms with E-state index in [1.165, 1.54) is 0 Å². The standard InChI is InChI=1S/C14H25N3O2.ClH/c1-2-13(18)17-9-4-3-7-12(17)14(19)16-11-6-5-8-15-10-11;/h11-12,15H,2-10H2,1H3,(H,16,19);1H/t11-,12?;/m0./s1. The van der Waals surface area contributed by atoms with Gasteiger partial charge >= 0.3 is 0 Å². The fraction of sp³-hybridized carbons (Fsp3) is 0.857. The van der Waals surface area contributed by atoms with Crippen LogP contribution in [0.3, 0.4) is 0 Å². The van der Waals surface area contributed by atoms with Crippen molar-refractivity contribution in [3.05, 3.63) is 0 Å². The van der Waals surface area contributed by atoms with Crippen LogP contribution < -0.4 is 10.6 Å². The number of likely N-dealkylation sites (tertiary alicyclic amines) is 1. The van der Waals surface area contributed by atoms with Crippen LogP contribution in [0.2, 0.25) is 0 Å². The quantitative estimate of drug-likeness (QED) is 0.820. The second kappa shape index (κ2) is 8.47. The van der Waals surface area contributed by atoms with E-state index in [1.54, 1.807) is 4.90 Å². The van der Waals surface area contributed by atoms with Gasteiger partial charge < -0.3 is 15.5 Å². The van der Waals surface area contributed by atoms with E-state index in [9.17, 15) is 9.59 Å². The summed E-state index contributed by atoms with van der Waals surface area (Å²) in [5.74, 6) is 0.136. The van der Waals surface area contributed by atoms with Crippen molar-refractivity contribution in [3.63, 3.8) is 0 Å². The number of piperidine rings is 2. The van der Waals surface area contributed by atoms with E-state index in [0.717, 1.165) is 51.7 Å². The smallest absolute Gasteiger partial charge is 0.243 e. The van der Waals surface area contributed by atoms with Crippen LogP contribution in [0.4, 0.5) is 0 Å². The Bertz CT molecular complexity index is 332. The fourth-order valence-corrected chi connectivity index (χ4v) is 2.98. The highest BCUT2D eigenvalue weighted by Crippen LogP contribution is 2.18. The second-order valence-corrected chi connectivity index (χ2v) is 5.50. The Morgan fingerprint density at radius 2 is 2.05 bits per heavy atom. The normalized spacial score (nSPS) is 26.6. The molecule has 2 saturated heterocycles. The Kier molecular flexibility index (Phi) is 7.30. The first kappa shape index (κ1) is 17.2. The molecule has 20 heavy (non-hydrogen) atoms. The summed E-state index contributed by atoms with van der Waals surface area (Å²) in [5, 5.41) is 6.40. The van der Waals surface area contributed by atoms with Crippen LogP contribution in [0, 0.1) is 0 Å². The van der Waals surface area contributed by atoms with Gasteiger partial charge in [0.25, 0.3) is 0 Å². The molecule has 2 rings (SSSR count). The maximum absolute atomic E-state index is 12.4. The lowest BCUT2D eigenvalue weighted by molar-refractivity contribution is -0.142. The number of rotatable bonds is 3. The number of amides is 2. The molecule has 2 atom stereocenters. The van der Waals surface area contributed by atoms with Gasteiger partial charge in [0, 0.05) is 25.6 Å². The van der Waals surface area contributed by atoms with E-state index in [1.807, 2.05) is 6.92 Å². The first-order valence-corrected chi connectivity index (χ1v) is 7.53. The molecule has 0 radical (unpaired) electrons. The van der Waals surface area contributed by atoms with Crippen molar-refractivity contribution in [2.45, 2.75) is 57.5 Å². The molecule has 0 aromatic heterocycles. The zero-order chi connectivity index (χ0) is 13.7. The molecular weight excluding hydrogens is 278 g/mol. The maximum Gasteiger partial charge on any atom is 0.243 e. The number of nitrogens with zero attached hydrogens (tertiary/aromatic N) is 1. The summed E-state index contributed by atoms with van der Waals surface area (Å²) in [7, 11) is 0. The minimum absolute atomic E-state index is 0. The minimum atomic E-state index is -0.247. The number of halogens is 1. The average Bonchev–Trinajstić information content (AvgIpc) is 2.47. The molecule has 2 aliphatic rings. The Labute approximate surface area is 127 Å². The van der Waals surface area contributed by atoms with Gasteiger partial charge in [0.05, 0.1) is 0 Å². The lowest BCUT2D eigenvalue weighted by Gasteiger charge is -2.36. The molecule has 5 nitrogen and oxygen atoms in total. The van der Waals surface area contributed by atoms with Crippen molar-refractivity contribution >= 4 is 24.2 Å². The molecule has 0 aromatic carbocycles. The van der Waals surface area contributed by atoms with Crippen molar-refractivity contribution < 1.29 is 9.59 Å². The van der Waals surface area contributed by atoms with Crippen molar-refractivity contribution in [2.75, 3.05) is 19.6 Å². The predicted molar refractivity (Wildman–Crippen MR) is 80.9 cm³/mol. The van der Waals surface area contributed by atoms with E-state index in [0.29, 0.717) is 6.42 Å². The van der Waals surface area contributed by atoms with Gasteiger partial charge in [-0.05, 0) is 38.6 Å². The molecule has 1 unspecified atom stereocenters. The van der Waals surface area contributed by atoms with E-state index in [4.69, 9.17) is 0 Å². The first-order valence-electron chi connectivity index (χ1n) is 7.53. The lowest BCUT2D eigenvalue weighted by atomic mass is 9.99. The van der Waals surface area contributed by atoms with E-state index < -0.39 is 0 Å². The van der Waals surface area contributed by atoms with Crippen LogP contribution >= 0.6 is 12.4 Å². The average molecular weight is 304 g/mol. The van der Waals surface area contributed by atoms with Crippen molar-refractivity contribution in [1.29, 1.82) is 0 Å². The molecule has 2 heterocycles. The number of nitrogens with one attached hydrogen (secondary N) is 2. The first-order chi connectivity index (χ1) is 9.22. The summed E-state index contributed by atoms with van der Waals surface area (Å²) in [6, 6.07) is -0.0233. The summed E-state index contributed by atoms with van der Waals surface area (Å²) in [5.41, 5.74) is 0. The molecule has 2 N–H and O–H groups in total. The zero-order valence-electron chi connectivity index (χ0n) is 12.2. The highest BCUT2D eigenvalue weighted by atomic mass is 35.5. The topological polar surface area (TPSA) is 61.4 Å². The molecule has 6 heteroatoms. The molecule has 2 fully saturated rings. The van der Waals surface area contributed by atoms with Crippen LogP contribution in [0.15, 0.2) is 0 Å². The predicted octanol–water partition coefficient (Wildman–Crippen LogP) is 1.07.